The fourth-order valence-corrected chi connectivity index (χ4v) is 2.24. The van der Waals surface area contributed by atoms with Crippen molar-refractivity contribution in [2.45, 2.75) is 57.9 Å². The third kappa shape index (κ3) is 7.45. The summed E-state index contributed by atoms with van der Waals surface area (Å²) in [4.78, 5) is 0. The molecule has 73 valence electrons. The molecule has 12 heavy (non-hydrogen) atoms. The van der Waals surface area contributed by atoms with Crippen LogP contribution in [0.5, 0.6) is 0 Å². The quantitative estimate of drug-likeness (QED) is 0.335. The number of hydrogen-bond donors (Lipinski definition) is 0. The second-order valence-corrected chi connectivity index (χ2v) is 7.98. The normalized spacial score (nSPS) is 13.8. The van der Waals surface area contributed by atoms with Crippen molar-refractivity contribution in [1.82, 2.24) is 0 Å². The zero-order valence-corrected chi connectivity index (χ0v) is 10.6. The van der Waals surface area contributed by atoms with Crippen LogP contribution in [-0.4, -0.2) is 7.42 Å². The van der Waals surface area contributed by atoms with Crippen LogP contribution in [0.3, 0.4) is 0 Å². The van der Waals surface area contributed by atoms with E-state index in [-0.39, 0.29) is 0 Å². The van der Waals surface area contributed by atoms with Crippen molar-refractivity contribution in [3.8, 4) is 0 Å². The Kier molecular flexibility index (Phi) is 8.96. The van der Waals surface area contributed by atoms with Crippen LogP contribution in [0.2, 0.25) is 5.54 Å². The molecule has 0 aromatic heterocycles. The Bertz CT molecular complexity index is 96.5. The van der Waals surface area contributed by atoms with Crippen LogP contribution >= 0.6 is 22.2 Å². The van der Waals surface area contributed by atoms with E-state index in [1.807, 2.05) is 0 Å². The van der Waals surface area contributed by atoms with E-state index in [0.717, 1.165) is 0 Å². The molecule has 0 nitrogen and oxygen atoms in total. The maximum atomic E-state index is 5.84. The molecular formula is C9H19Cl2Si. The summed E-state index contributed by atoms with van der Waals surface area (Å²) in [6.07, 6.45) is 7.92. The van der Waals surface area contributed by atoms with E-state index >= 15 is 0 Å². The largest absolute Gasteiger partial charge is 0.276 e. The maximum absolute atomic E-state index is 5.84. The van der Waals surface area contributed by atoms with Gasteiger partial charge in [-0.05, 0) is 5.54 Å². The highest BCUT2D eigenvalue weighted by Crippen LogP contribution is 2.23. The van der Waals surface area contributed by atoms with Gasteiger partial charge in [-0.3, -0.25) is 0 Å². The highest BCUT2D eigenvalue weighted by atomic mass is 35.7. The van der Waals surface area contributed by atoms with Gasteiger partial charge in [0.1, 0.15) is 0 Å². The van der Waals surface area contributed by atoms with E-state index in [2.05, 4.69) is 13.8 Å². The Hall–Kier alpha value is 0.797. The molecule has 1 unspecified atom stereocenters. The molecule has 0 aliphatic carbocycles. The molecule has 1 radical (unpaired) electrons. The molecule has 0 rings (SSSR count). The highest BCUT2D eigenvalue weighted by molar-refractivity contribution is 7.34. The van der Waals surface area contributed by atoms with Gasteiger partial charge in [-0.1, -0.05) is 52.4 Å². The molecule has 0 aromatic rings. The standard InChI is InChI=1S/C9H19Cl2Si/c1-3-4-5-6-7-8-9(2)12(10)11/h9H,3-8H2,1-2H3. The van der Waals surface area contributed by atoms with Crippen LogP contribution in [-0.2, 0) is 0 Å². The molecule has 0 saturated carbocycles. The summed E-state index contributed by atoms with van der Waals surface area (Å²) >= 11 is 11.7. The van der Waals surface area contributed by atoms with Gasteiger partial charge in [0.15, 0.2) is 0 Å². The summed E-state index contributed by atoms with van der Waals surface area (Å²) < 4.78 is 0. The van der Waals surface area contributed by atoms with Gasteiger partial charge in [0.05, 0.1) is 0 Å². The molecule has 0 aromatic carbocycles. The monoisotopic (exact) mass is 225 g/mol. The first-order valence-electron chi connectivity index (χ1n) is 4.86. The van der Waals surface area contributed by atoms with Gasteiger partial charge in [0, 0.05) is 0 Å². The van der Waals surface area contributed by atoms with Gasteiger partial charge < -0.3 is 0 Å². The fourth-order valence-electron chi connectivity index (χ4n) is 1.16. The van der Waals surface area contributed by atoms with Gasteiger partial charge >= 0.3 is 0 Å². The van der Waals surface area contributed by atoms with Crippen molar-refractivity contribution in [2.24, 2.45) is 0 Å². The van der Waals surface area contributed by atoms with Crippen molar-refractivity contribution in [3.05, 3.63) is 0 Å². The summed E-state index contributed by atoms with van der Waals surface area (Å²) in [7, 11) is -1.06. The molecule has 0 N–H and O–H groups in total. The average Bonchev–Trinajstić information content (AvgIpc) is 2.03. The Balaban J connectivity index is 3.08. The molecule has 0 saturated heterocycles. The lowest BCUT2D eigenvalue weighted by molar-refractivity contribution is 0.600. The van der Waals surface area contributed by atoms with Crippen LogP contribution < -0.4 is 0 Å². The van der Waals surface area contributed by atoms with E-state index in [0.29, 0.717) is 5.54 Å². The lowest BCUT2D eigenvalue weighted by Crippen LogP contribution is -2.02. The lowest BCUT2D eigenvalue weighted by Gasteiger charge is -2.08. The minimum atomic E-state index is -1.06. The third-order valence-corrected chi connectivity index (χ3v) is 5.38. The first kappa shape index (κ1) is 12.8. The Morgan fingerprint density at radius 1 is 1.08 bits per heavy atom. The molecule has 1 atom stereocenters. The van der Waals surface area contributed by atoms with Crippen molar-refractivity contribution >= 4 is 29.6 Å². The molecule has 3 heteroatoms. The van der Waals surface area contributed by atoms with E-state index in [9.17, 15) is 0 Å². The molecular weight excluding hydrogens is 207 g/mol. The van der Waals surface area contributed by atoms with E-state index in [1.54, 1.807) is 0 Å². The van der Waals surface area contributed by atoms with E-state index in [4.69, 9.17) is 22.2 Å². The molecule has 0 spiro atoms. The zero-order valence-electron chi connectivity index (χ0n) is 8.08. The number of unbranched alkanes of at least 4 members (excludes halogenated alkanes) is 4. The topological polar surface area (TPSA) is 0 Å². The summed E-state index contributed by atoms with van der Waals surface area (Å²) in [6.45, 7) is 4.40. The summed E-state index contributed by atoms with van der Waals surface area (Å²) in [5.41, 5.74) is 0.556. The van der Waals surface area contributed by atoms with Crippen LogP contribution in [0, 0.1) is 0 Å². The van der Waals surface area contributed by atoms with Gasteiger partial charge in [0.25, 0.3) is 7.42 Å². The van der Waals surface area contributed by atoms with Crippen molar-refractivity contribution in [1.29, 1.82) is 0 Å². The number of rotatable bonds is 7. The summed E-state index contributed by atoms with van der Waals surface area (Å²) in [6, 6.07) is 0. The van der Waals surface area contributed by atoms with E-state index in [1.165, 1.54) is 38.5 Å². The third-order valence-electron chi connectivity index (χ3n) is 2.11. The predicted octanol–water partition coefficient (Wildman–Crippen LogP) is 4.70. The van der Waals surface area contributed by atoms with Crippen molar-refractivity contribution < 1.29 is 0 Å². The average molecular weight is 226 g/mol. The Labute approximate surface area is 87.7 Å². The summed E-state index contributed by atoms with van der Waals surface area (Å²) in [5.74, 6) is 0. The molecule has 0 aliphatic heterocycles. The van der Waals surface area contributed by atoms with Crippen LogP contribution in [0.15, 0.2) is 0 Å². The van der Waals surface area contributed by atoms with Crippen molar-refractivity contribution in [3.63, 3.8) is 0 Å². The second-order valence-electron chi connectivity index (χ2n) is 3.39. The van der Waals surface area contributed by atoms with Gasteiger partial charge in [-0.2, -0.15) is 0 Å². The molecule has 0 aliphatic rings. The van der Waals surface area contributed by atoms with Crippen LogP contribution in [0.1, 0.15) is 52.4 Å². The van der Waals surface area contributed by atoms with Crippen molar-refractivity contribution in [2.75, 3.05) is 0 Å². The first-order valence-corrected chi connectivity index (χ1v) is 8.46. The Morgan fingerprint density at radius 2 is 1.67 bits per heavy atom. The second kappa shape index (κ2) is 8.40. The number of halogens is 2. The molecule has 0 bridgehead atoms. The van der Waals surface area contributed by atoms with E-state index < -0.39 is 7.42 Å². The SMILES string of the molecule is CCCCCCCC(C)[Si](Cl)Cl. The highest BCUT2D eigenvalue weighted by Gasteiger charge is 2.13. The number of hydrogen-bond acceptors (Lipinski definition) is 0. The zero-order chi connectivity index (χ0) is 9.40. The van der Waals surface area contributed by atoms with Gasteiger partial charge in [-0.25, -0.2) is 0 Å². The van der Waals surface area contributed by atoms with Crippen LogP contribution in [0.4, 0.5) is 0 Å². The van der Waals surface area contributed by atoms with Gasteiger partial charge in [0.2, 0.25) is 0 Å². The van der Waals surface area contributed by atoms with Crippen LogP contribution in [0.25, 0.3) is 0 Å². The minimum Gasteiger partial charge on any atom is -0.146 e. The smallest absolute Gasteiger partial charge is 0.146 e. The molecule has 0 amide bonds. The maximum Gasteiger partial charge on any atom is 0.276 e. The first-order chi connectivity index (χ1) is 5.68. The lowest BCUT2D eigenvalue weighted by atomic mass is 10.1. The predicted molar refractivity (Wildman–Crippen MR) is 60.3 cm³/mol. The minimum absolute atomic E-state index is 0.556. The Morgan fingerprint density at radius 3 is 2.17 bits per heavy atom. The molecule has 0 fully saturated rings. The fraction of sp³-hybridized carbons (Fsp3) is 1.00. The van der Waals surface area contributed by atoms with Gasteiger partial charge in [-0.15, -0.1) is 22.2 Å². The molecule has 0 heterocycles. The summed E-state index contributed by atoms with van der Waals surface area (Å²) in [5, 5.41) is 0.